The van der Waals surface area contributed by atoms with Gasteiger partial charge in [-0.15, -0.1) is 0 Å². The number of nitrogens with one attached hydrogen (secondary N) is 1. The predicted molar refractivity (Wildman–Crippen MR) is 88.6 cm³/mol. The lowest BCUT2D eigenvalue weighted by Crippen LogP contribution is -2.36. The summed E-state index contributed by atoms with van der Waals surface area (Å²) in [5, 5.41) is 3.51. The van der Waals surface area contributed by atoms with Crippen LogP contribution < -0.4 is 5.32 Å². The molecule has 1 aliphatic rings. The minimum atomic E-state index is 0.465. The van der Waals surface area contributed by atoms with Gasteiger partial charge in [-0.2, -0.15) is 0 Å². The largest absolute Gasteiger partial charge is 0.381 e. The average Bonchev–Trinajstić information content (AvgIpc) is 2.49. The summed E-state index contributed by atoms with van der Waals surface area (Å²) >= 11 is 0. The van der Waals surface area contributed by atoms with Gasteiger partial charge in [-0.05, 0) is 36.9 Å². The highest BCUT2D eigenvalue weighted by Crippen LogP contribution is 2.18. The minimum absolute atomic E-state index is 0.465. The Hall–Kier alpha value is -0.900. The molecule has 1 aromatic carbocycles. The molecule has 1 N–H and O–H groups in total. The maximum atomic E-state index is 5.45. The number of benzene rings is 1. The van der Waals surface area contributed by atoms with Gasteiger partial charge in [0.2, 0.25) is 0 Å². The van der Waals surface area contributed by atoms with E-state index in [9.17, 15) is 0 Å². The molecule has 1 aliphatic heterocycles. The molecule has 0 radical (unpaired) electrons. The van der Waals surface area contributed by atoms with E-state index in [-0.39, 0.29) is 0 Å². The van der Waals surface area contributed by atoms with Crippen LogP contribution in [-0.4, -0.2) is 43.8 Å². The van der Waals surface area contributed by atoms with Crippen LogP contribution in [0.3, 0.4) is 0 Å². The normalized spacial score (nSPS) is 17.5. The molecule has 1 fully saturated rings. The highest BCUT2D eigenvalue weighted by Gasteiger charge is 2.19. The summed E-state index contributed by atoms with van der Waals surface area (Å²) < 4.78 is 5.45. The van der Waals surface area contributed by atoms with E-state index >= 15 is 0 Å². The van der Waals surface area contributed by atoms with Gasteiger partial charge in [-0.25, -0.2) is 0 Å². The fourth-order valence-electron chi connectivity index (χ4n) is 3.00. The molecule has 118 valence electrons. The number of hydrogen-bond acceptors (Lipinski definition) is 3. The highest BCUT2D eigenvalue weighted by atomic mass is 16.5. The van der Waals surface area contributed by atoms with Gasteiger partial charge in [-0.3, -0.25) is 4.90 Å². The summed E-state index contributed by atoms with van der Waals surface area (Å²) in [6.45, 7) is 8.83. The van der Waals surface area contributed by atoms with Gasteiger partial charge in [0.25, 0.3) is 0 Å². The Balaban J connectivity index is 1.87. The van der Waals surface area contributed by atoms with Crippen molar-refractivity contribution in [3.8, 4) is 0 Å². The molecule has 3 nitrogen and oxygen atoms in total. The fourth-order valence-corrected chi connectivity index (χ4v) is 3.00. The molecule has 21 heavy (non-hydrogen) atoms. The van der Waals surface area contributed by atoms with Crippen LogP contribution in [0.2, 0.25) is 0 Å². The van der Waals surface area contributed by atoms with Crippen molar-refractivity contribution in [3.63, 3.8) is 0 Å². The SMILES string of the molecule is COC1CCN(Cc2ccccc2CCNC(C)C)CC1. The first-order valence-electron chi connectivity index (χ1n) is 8.24. The maximum Gasteiger partial charge on any atom is 0.0595 e. The molecule has 0 bridgehead atoms. The van der Waals surface area contributed by atoms with E-state index in [1.54, 1.807) is 0 Å². The van der Waals surface area contributed by atoms with Crippen molar-refractivity contribution in [2.24, 2.45) is 0 Å². The first kappa shape index (κ1) is 16.5. The molecular weight excluding hydrogens is 260 g/mol. The Morgan fingerprint density at radius 2 is 1.86 bits per heavy atom. The summed E-state index contributed by atoms with van der Waals surface area (Å²) in [6, 6.07) is 9.44. The zero-order valence-corrected chi connectivity index (χ0v) is 13.8. The number of ether oxygens (including phenoxy) is 1. The quantitative estimate of drug-likeness (QED) is 0.836. The van der Waals surface area contributed by atoms with Crippen molar-refractivity contribution in [2.75, 3.05) is 26.7 Å². The van der Waals surface area contributed by atoms with Crippen LogP contribution in [0.4, 0.5) is 0 Å². The lowest BCUT2D eigenvalue weighted by atomic mass is 10.0. The predicted octanol–water partition coefficient (Wildman–Crippen LogP) is 2.84. The second-order valence-corrected chi connectivity index (χ2v) is 6.34. The lowest BCUT2D eigenvalue weighted by molar-refractivity contribution is 0.0388. The summed E-state index contributed by atoms with van der Waals surface area (Å²) in [7, 11) is 1.83. The molecule has 1 heterocycles. The Kier molecular flexibility index (Phi) is 6.68. The third-order valence-corrected chi connectivity index (χ3v) is 4.33. The minimum Gasteiger partial charge on any atom is -0.381 e. The molecule has 1 saturated heterocycles. The number of methoxy groups -OCH3 is 1. The number of piperidine rings is 1. The molecule has 1 aromatic rings. The second-order valence-electron chi connectivity index (χ2n) is 6.34. The average molecular weight is 290 g/mol. The van der Waals surface area contributed by atoms with Crippen molar-refractivity contribution in [1.82, 2.24) is 10.2 Å². The van der Waals surface area contributed by atoms with E-state index in [0.29, 0.717) is 12.1 Å². The molecule has 0 amide bonds. The van der Waals surface area contributed by atoms with Crippen molar-refractivity contribution in [3.05, 3.63) is 35.4 Å². The van der Waals surface area contributed by atoms with Crippen molar-refractivity contribution in [2.45, 2.75) is 51.8 Å². The van der Waals surface area contributed by atoms with Crippen LogP contribution in [-0.2, 0) is 17.7 Å². The Morgan fingerprint density at radius 3 is 2.48 bits per heavy atom. The smallest absolute Gasteiger partial charge is 0.0595 e. The topological polar surface area (TPSA) is 24.5 Å². The molecule has 3 heteroatoms. The summed E-state index contributed by atoms with van der Waals surface area (Å²) in [4.78, 5) is 2.56. The number of hydrogen-bond donors (Lipinski definition) is 1. The van der Waals surface area contributed by atoms with Crippen molar-refractivity contribution < 1.29 is 4.74 Å². The first-order chi connectivity index (χ1) is 10.2. The summed E-state index contributed by atoms with van der Waals surface area (Å²) in [6.07, 6.45) is 3.90. The molecule has 0 saturated carbocycles. The standard InChI is InChI=1S/C18H30N2O/c1-15(2)19-11-8-16-6-4-5-7-17(16)14-20-12-9-18(21-3)10-13-20/h4-7,15,18-19H,8-14H2,1-3H3. The van der Waals surface area contributed by atoms with Gasteiger partial charge >= 0.3 is 0 Å². The highest BCUT2D eigenvalue weighted by molar-refractivity contribution is 5.27. The van der Waals surface area contributed by atoms with E-state index < -0.39 is 0 Å². The molecular formula is C18H30N2O. The van der Waals surface area contributed by atoms with Gasteiger partial charge in [0.05, 0.1) is 6.10 Å². The van der Waals surface area contributed by atoms with Crippen LogP contribution in [0.1, 0.15) is 37.8 Å². The van der Waals surface area contributed by atoms with Gasteiger partial charge in [0.1, 0.15) is 0 Å². The number of likely N-dealkylation sites (tertiary alicyclic amines) is 1. The van der Waals surface area contributed by atoms with Crippen LogP contribution in [0, 0.1) is 0 Å². The van der Waals surface area contributed by atoms with Crippen molar-refractivity contribution in [1.29, 1.82) is 0 Å². The van der Waals surface area contributed by atoms with E-state index in [1.807, 2.05) is 7.11 Å². The molecule has 0 aliphatic carbocycles. The van der Waals surface area contributed by atoms with E-state index in [0.717, 1.165) is 45.4 Å². The summed E-state index contributed by atoms with van der Waals surface area (Å²) in [5.41, 5.74) is 2.97. The second kappa shape index (κ2) is 8.52. The molecule has 0 atom stereocenters. The number of rotatable bonds is 7. The number of nitrogens with zero attached hydrogens (tertiary/aromatic N) is 1. The van der Waals surface area contributed by atoms with Crippen LogP contribution in [0.15, 0.2) is 24.3 Å². The van der Waals surface area contributed by atoms with Crippen LogP contribution >= 0.6 is 0 Å². The zero-order chi connectivity index (χ0) is 15.1. The maximum absolute atomic E-state index is 5.45. The Bertz CT molecular complexity index is 411. The third kappa shape index (κ3) is 5.42. The van der Waals surface area contributed by atoms with Crippen molar-refractivity contribution >= 4 is 0 Å². The van der Waals surface area contributed by atoms with Crippen LogP contribution in [0.25, 0.3) is 0 Å². The van der Waals surface area contributed by atoms with E-state index in [2.05, 4.69) is 48.3 Å². The van der Waals surface area contributed by atoms with Gasteiger partial charge < -0.3 is 10.1 Å². The summed E-state index contributed by atoms with van der Waals surface area (Å²) in [5.74, 6) is 0. The van der Waals surface area contributed by atoms with Gasteiger partial charge in [0.15, 0.2) is 0 Å². The van der Waals surface area contributed by atoms with Crippen LogP contribution in [0.5, 0.6) is 0 Å². The fraction of sp³-hybridized carbons (Fsp3) is 0.667. The monoisotopic (exact) mass is 290 g/mol. The van der Waals surface area contributed by atoms with Gasteiger partial charge in [-0.1, -0.05) is 38.1 Å². The zero-order valence-electron chi connectivity index (χ0n) is 13.8. The van der Waals surface area contributed by atoms with E-state index in [1.165, 1.54) is 11.1 Å². The Morgan fingerprint density at radius 1 is 1.19 bits per heavy atom. The molecule has 0 spiro atoms. The first-order valence-corrected chi connectivity index (χ1v) is 8.24. The lowest BCUT2D eigenvalue weighted by Gasteiger charge is -2.31. The molecule has 0 aromatic heterocycles. The van der Waals surface area contributed by atoms with E-state index in [4.69, 9.17) is 4.74 Å². The third-order valence-electron chi connectivity index (χ3n) is 4.33. The molecule has 0 unspecified atom stereocenters. The Labute approximate surface area is 129 Å². The molecule has 2 rings (SSSR count). The van der Waals surface area contributed by atoms with Gasteiger partial charge in [0, 0.05) is 32.8 Å².